The number of alkyl carbamates (subject to hydrolysis) is 1. The normalized spacial score (nSPS) is 13.1. The molecule has 48 heavy (non-hydrogen) atoms. The maximum atomic E-state index is 13.8. The molecule has 0 aliphatic carbocycles. The number of Topliss-reactive ketones (excluding diaryl/α,β-unsaturated/α-hetero) is 1. The predicted octanol–water partition coefficient (Wildman–Crippen LogP) is 4.09. The Morgan fingerprint density at radius 3 is 2.02 bits per heavy atom. The lowest BCUT2D eigenvalue weighted by Gasteiger charge is -2.26. The van der Waals surface area contributed by atoms with Crippen molar-refractivity contribution >= 4 is 46.3 Å². The largest absolute Gasteiger partial charge is 0.481 e. The number of fused-ring (bicyclic) bond motifs is 1. The fourth-order valence-corrected chi connectivity index (χ4v) is 5.23. The van der Waals surface area contributed by atoms with Gasteiger partial charge in [0.2, 0.25) is 11.8 Å². The van der Waals surface area contributed by atoms with Gasteiger partial charge in [-0.2, -0.15) is 0 Å². The van der Waals surface area contributed by atoms with Crippen LogP contribution in [0.3, 0.4) is 0 Å². The standard InChI is InChI=1S/C35H44N4O9/c1-19(2)15-26(38-33(44)27(16-20(3)4)39-35(46)47-18-22-9-7-6-8-10-22)32(43)37-25(13-14-29(40)41)31(42)30-21(5)24-12-11-23(36)17-28(24)48-34(30)45/h6-12,17,19-20,25-27H,13-16,18,36H2,1-5H3,(H,37,43)(H,38,44)(H,39,46)(H,40,41)/t25-,26-,27-/m0/s1. The van der Waals surface area contributed by atoms with Crippen molar-refractivity contribution in [2.45, 2.75) is 85.0 Å². The number of carboxylic acid groups (broad SMARTS) is 1. The third-order valence-electron chi connectivity index (χ3n) is 7.59. The number of ether oxygens (including phenoxy) is 1. The van der Waals surface area contributed by atoms with Crippen molar-refractivity contribution in [3.05, 3.63) is 75.6 Å². The fraction of sp³-hybridized carbons (Fsp3) is 0.429. The second-order valence-electron chi connectivity index (χ2n) is 12.6. The minimum absolute atomic E-state index is 0.00404. The molecule has 0 saturated heterocycles. The highest BCUT2D eigenvalue weighted by Crippen LogP contribution is 2.23. The van der Waals surface area contributed by atoms with Gasteiger partial charge in [0, 0.05) is 23.6 Å². The van der Waals surface area contributed by atoms with Crippen molar-refractivity contribution in [2.75, 3.05) is 5.73 Å². The van der Waals surface area contributed by atoms with E-state index in [0.29, 0.717) is 11.1 Å². The molecule has 3 aromatic rings. The molecule has 1 aromatic heterocycles. The molecule has 3 atom stereocenters. The minimum atomic E-state index is -1.43. The lowest BCUT2D eigenvalue weighted by atomic mass is 9.95. The van der Waals surface area contributed by atoms with Crippen LogP contribution in [-0.2, 0) is 25.7 Å². The summed E-state index contributed by atoms with van der Waals surface area (Å²) in [4.78, 5) is 78.1. The third kappa shape index (κ3) is 10.7. The van der Waals surface area contributed by atoms with E-state index in [1.807, 2.05) is 33.8 Å². The molecule has 0 unspecified atom stereocenters. The van der Waals surface area contributed by atoms with Crippen molar-refractivity contribution in [1.29, 1.82) is 0 Å². The van der Waals surface area contributed by atoms with Gasteiger partial charge >= 0.3 is 17.7 Å². The zero-order chi connectivity index (χ0) is 35.5. The van der Waals surface area contributed by atoms with Crippen LogP contribution >= 0.6 is 0 Å². The zero-order valence-corrected chi connectivity index (χ0v) is 27.8. The van der Waals surface area contributed by atoms with Gasteiger partial charge in [-0.15, -0.1) is 0 Å². The monoisotopic (exact) mass is 664 g/mol. The molecule has 6 N–H and O–H groups in total. The molecule has 3 amide bonds. The summed E-state index contributed by atoms with van der Waals surface area (Å²) in [5.74, 6) is -3.55. The molecule has 13 heteroatoms. The summed E-state index contributed by atoms with van der Waals surface area (Å²) >= 11 is 0. The summed E-state index contributed by atoms with van der Waals surface area (Å²) in [6.45, 7) is 8.95. The fourth-order valence-electron chi connectivity index (χ4n) is 5.23. The molecule has 0 aliphatic rings. The Balaban J connectivity index is 1.83. The molecule has 0 fully saturated rings. The van der Waals surface area contributed by atoms with Gasteiger partial charge in [-0.25, -0.2) is 9.59 Å². The number of aryl methyl sites for hydroxylation is 1. The maximum Gasteiger partial charge on any atom is 0.408 e. The number of carboxylic acids is 1. The van der Waals surface area contributed by atoms with E-state index in [9.17, 15) is 33.9 Å². The minimum Gasteiger partial charge on any atom is -0.481 e. The number of ketones is 1. The molecular formula is C35H44N4O9. The van der Waals surface area contributed by atoms with Crippen molar-refractivity contribution in [3.63, 3.8) is 0 Å². The number of amides is 3. The topological polar surface area (TPSA) is 207 Å². The first kappa shape index (κ1) is 37.3. The number of nitrogen functional groups attached to an aromatic ring is 1. The molecule has 0 radical (unpaired) electrons. The lowest BCUT2D eigenvalue weighted by Crippen LogP contribution is -2.56. The van der Waals surface area contributed by atoms with Gasteiger partial charge in [-0.3, -0.25) is 19.2 Å². The Morgan fingerprint density at radius 1 is 0.854 bits per heavy atom. The van der Waals surface area contributed by atoms with Crippen LogP contribution in [0.5, 0.6) is 0 Å². The number of anilines is 1. The van der Waals surface area contributed by atoms with Gasteiger partial charge in [0.1, 0.15) is 29.8 Å². The Hall–Kier alpha value is -5.20. The number of aliphatic carboxylic acids is 1. The van der Waals surface area contributed by atoms with Gasteiger partial charge in [-0.05, 0) is 61.3 Å². The SMILES string of the molecule is Cc1c(C(=O)[C@H](CCC(=O)O)NC(=O)[C@H](CC(C)C)NC(=O)[C@H](CC(C)C)NC(=O)OCc2ccccc2)c(=O)oc2cc(N)ccc12. The van der Waals surface area contributed by atoms with Crippen molar-refractivity contribution in [3.8, 4) is 0 Å². The number of carbonyl (C=O) groups excluding carboxylic acids is 4. The molecule has 0 saturated carbocycles. The molecule has 258 valence electrons. The van der Waals surface area contributed by atoms with Gasteiger partial charge in [0.25, 0.3) is 0 Å². The van der Waals surface area contributed by atoms with Crippen LogP contribution in [0, 0.1) is 18.8 Å². The van der Waals surface area contributed by atoms with E-state index >= 15 is 0 Å². The Kier molecular flexibility index (Phi) is 13.3. The number of hydrogen-bond donors (Lipinski definition) is 5. The van der Waals surface area contributed by atoms with Crippen molar-refractivity contribution in [2.24, 2.45) is 11.8 Å². The molecule has 1 heterocycles. The zero-order valence-electron chi connectivity index (χ0n) is 27.8. The molecule has 2 aromatic carbocycles. The first-order valence-electron chi connectivity index (χ1n) is 15.8. The average Bonchev–Trinajstić information content (AvgIpc) is 3.00. The highest BCUT2D eigenvalue weighted by atomic mass is 16.5. The van der Waals surface area contributed by atoms with E-state index in [1.165, 1.54) is 6.07 Å². The van der Waals surface area contributed by atoms with Crippen LogP contribution in [0.25, 0.3) is 11.0 Å². The third-order valence-corrected chi connectivity index (χ3v) is 7.59. The highest BCUT2D eigenvalue weighted by molar-refractivity contribution is 6.06. The first-order valence-corrected chi connectivity index (χ1v) is 15.8. The Labute approximate surface area is 278 Å². The van der Waals surface area contributed by atoms with Gasteiger partial charge < -0.3 is 35.9 Å². The van der Waals surface area contributed by atoms with E-state index in [-0.39, 0.29) is 54.4 Å². The van der Waals surface area contributed by atoms with Gasteiger partial charge in [0.15, 0.2) is 5.78 Å². The summed E-state index contributed by atoms with van der Waals surface area (Å²) in [5, 5.41) is 17.7. The smallest absolute Gasteiger partial charge is 0.408 e. The second-order valence-corrected chi connectivity index (χ2v) is 12.6. The van der Waals surface area contributed by atoms with E-state index in [0.717, 1.165) is 5.56 Å². The molecule has 0 spiro atoms. The highest BCUT2D eigenvalue weighted by Gasteiger charge is 2.33. The first-order chi connectivity index (χ1) is 22.7. The Bertz CT molecular complexity index is 1680. The molecule has 3 rings (SSSR count). The average molecular weight is 665 g/mol. The van der Waals surface area contributed by atoms with Gasteiger partial charge in [0.05, 0.1) is 6.04 Å². The van der Waals surface area contributed by atoms with Crippen LogP contribution in [0.2, 0.25) is 0 Å². The summed E-state index contributed by atoms with van der Waals surface area (Å²) in [5.41, 5.74) is 6.09. The van der Waals surface area contributed by atoms with Crippen LogP contribution in [0.15, 0.2) is 57.7 Å². The molecule has 0 bridgehead atoms. The van der Waals surface area contributed by atoms with Crippen molar-refractivity contribution in [1.82, 2.24) is 16.0 Å². The Morgan fingerprint density at radius 2 is 1.44 bits per heavy atom. The predicted molar refractivity (Wildman–Crippen MR) is 179 cm³/mol. The number of hydrogen-bond acceptors (Lipinski definition) is 9. The lowest BCUT2D eigenvalue weighted by molar-refractivity contribution is -0.137. The number of nitrogens with two attached hydrogens (primary N) is 1. The van der Waals surface area contributed by atoms with E-state index in [2.05, 4.69) is 16.0 Å². The maximum absolute atomic E-state index is 13.8. The molecular weight excluding hydrogens is 620 g/mol. The summed E-state index contributed by atoms with van der Waals surface area (Å²) < 4.78 is 10.6. The van der Waals surface area contributed by atoms with E-state index in [1.54, 1.807) is 43.3 Å². The molecule has 0 aliphatic heterocycles. The summed E-state index contributed by atoms with van der Waals surface area (Å²) in [6, 6.07) is 10.0. The van der Waals surface area contributed by atoms with Gasteiger partial charge in [-0.1, -0.05) is 58.0 Å². The van der Waals surface area contributed by atoms with E-state index < -0.39 is 59.8 Å². The number of rotatable bonds is 16. The van der Waals surface area contributed by atoms with Crippen LogP contribution in [-0.4, -0.2) is 52.9 Å². The number of carbonyl (C=O) groups is 5. The number of nitrogens with one attached hydrogen (secondary N) is 3. The quantitative estimate of drug-likeness (QED) is 0.0842. The van der Waals surface area contributed by atoms with E-state index in [4.69, 9.17) is 14.9 Å². The van der Waals surface area contributed by atoms with Crippen LogP contribution < -0.4 is 27.3 Å². The van der Waals surface area contributed by atoms with Crippen LogP contribution in [0.1, 0.15) is 74.9 Å². The summed E-state index contributed by atoms with van der Waals surface area (Å²) in [7, 11) is 0. The second kappa shape index (κ2) is 17.1. The number of benzene rings is 2. The summed E-state index contributed by atoms with van der Waals surface area (Å²) in [6.07, 6.45) is -1.23. The van der Waals surface area contributed by atoms with Crippen molar-refractivity contribution < 1.29 is 38.2 Å². The van der Waals surface area contributed by atoms with Crippen LogP contribution in [0.4, 0.5) is 10.5 Å². The molecule has 13 nitrogen and oxygen atoms in total.